The summed E-state index contributed by atoms with van der Waals surface area (Å²) in [6.07, 6.45) is 2.76. The van der Waals surface area contributed by atoms with Gasteiger partial charge in [0.2, 0.25) is 0 Å². The summed E-state index contributed by atoms with van der Waals surface area (Å²) in [6.45, 7) is 3.15. The molecule has 0 saturated carbocycles. The summed E-state index contributed by atoms with van der Waals surface area (Å²) in [4.78, 5) is 22.8. The maximum absolute atomic E-state index is 15.5. The van der Waals surface area contributed by atoms with Gasteiger partial charge in [-0.2, -0.15) is 8.78 Å². The van der Waals surface area contributed by atoms with E-state index in [0.29, 0.717) is 18.8 Å². The molecule has 0 bridgehead atoms. The number of ether oxygens (including phenoxy) is 1. The van der Waals surface area contributed by atoms with E-state index >= 15 is 4.39 Å². The van der Waals surface area contributed by atoms with Crippen molar-refractivity contribution in [2.24, 2.45) is 0 Å². The number of anilines is 2. The lowest BCUT2D eigenvalue weighted by Crippen LogP contribution is -2.62. The number of aliphatic hydroxyl groups is 1. The Hall–Kier alpha value is -3.50. The van der Waals surface area contributed by atoms with Crippen molar-refractivity contribution in [3.63, 3.8) is 0 Å². The van der Waals surface area contributed by atoms with Gasteiger partial charge in [-0.05, 0) is 42.3 Å². The van der Waals surface area contributed by atoms with Gasteiger partial charge in [-0.3, -0.25) is 14.8 Å². The minimum absolute atomic E-state index is 0.0550. The van der Waals surface area contributed by atoms with Gasteiger partial charge in [0.05, 0.1) is 37.7 Å². The summed E-state index contributed by atoms with van der Waals surface area (Å²) in [5, 5.41) is 12.5. The molecule has 1 aromatic carbocycles. The first-order valence-electron chi connectivity index (χ1n) is 12.0. The molecule has 1 amide bonds. The van der Waals surface area contributed by atoms with Crippen LogP contribution in [0.2, 0.25) is 0 Å². The number of hydrogen-bond acceptors (Lipinski definition) is 6. The lowest BCUT2D eigenvalue weighted by Gasteiger charge is -2.48. The molecule has 194 valence electrons. The molecule has 10 heteroatoms. The summed E-state index contributed by atoms with van der Waals surface area (Å²) >= 11 is 0. The molecule has 5 rings (SSSR count). The van der Waals surface area contributed by atoms with Gasteiger partial charge in [-0.1, -0.05) is 12.1 Å². The molecule has 7 nitrogen and oxygen atoms in total. The van der Waals surface area contributed by atoms with E-state index in [2.05, 4.69) is 15.3 Å². The van der Waals surface area contributed by atoms with Crippen LogP contribution in [0.25, 0.3) is 11.1 Å². The molecular weight excluding hydrogens is 485 g/mol. The first-order valence-corrected chi connectivity index (χ1v) is 12.0. The summed E-state index contributed by atoms with van der Waals surface area (Å²) in [6, 6.07) is 9.31. The molecule has 2 aliphatic rings. The van der Waals surface area contributed by atoms with Crippen LogP contribution in [-0.2, 0) is 17.1 Å². The third-order valence-electron chi connectivity index (χ3n) is 7.00. The minimum Gasteiger partial charge on any atom is -0.393 e. The van der Waals surface area contributed by atoms with Crippen LogP contribution in [-0.4, -0.2) is 59.1 Å². The number of aliphatic hydroxyl groups excluding tert-OH is 1. The highest BCUT2D eigenvalue weighted by Crippen LogP contribution is 2.42. The lowest BCUT2D eigenvalue weighted by atomic mass is 9.82. The molecule has 1 saturated heterocycles. The predicted octanol–water partition coefficient (Wildman–Crippen LogP) is 4.28. The second-order valence-electron chi connectivity index (χ2n) is 9.63. The van der Waals surface area contributed by atoms with Gasteiger partial charge in [-0.25, -0.2) is 4.39 Å². The highest BCUT2D eigenvalue weighted by Gasteiger charge is 2.48. The Balaban J connectivity index is 1.45. The fourth-order valence-electron chi connectivity index (χ4n) is 4.97. The fourth-order valence-corrected chi connectivity index (χ4v) is 4.97. The number of nitrogens with zero attached hydrogens (tertiary/aromatic N) is 3. The van der Waals surface area contributed by atoms with Crippen molar-refractivity contribution in [1.29, 1.82) is 0 Å². The Labute approximate surface area is 212 Å². The van der Waals surface area contributed by atoms with Gasteiger partial charge >= 0.3 is 0 Å². The summed E-state index contributed by atoms with van der Waals surface area (Å²) in [5.74, 6) is -3.73. The third kappa shape index (κ3) is 4.78. The number of pyridine rings is 2. The standard InChI is InChI=1S/C27H27F3N4O3/c1-16-21(11-20(13-32-16)33-25(36)18-5-6-31-23(10-18)26(2,28)29)17-3-4-19-12-27(30,15-35)24-14-37-8-7-34(24)22(19)9-17/h3-6,9-11,13,24,35H,7-8,12,14-15H2,1-2H3,(H,33,36)/t24-,27+/m0/s1. The largest absolute Gasteiger partial charge is 0.393 e. The normalized spacial score (nSPS) is 21.2. The molecule has 0 radical (unpaired) electrons. The quantitative estimate of drug-likeness (QED) is 0.531. The Morgan fingerprint density at radius 2 is 2.08 bits per heavy atom. The molecule has 4 heterocycles. The minimum atomic E-state index is -3.17. The van der Waals surface area contributed by atoms with Crippen molar-refractivity contribution in [3.05, 3.63) is 71.3 Å². The maximum Gasteiger partial charge on any atom is 0.286 e. The Morgan fingerprint density at radius 3 is 2.84 bits per heavy atom. The van der Waals surface area contributed by atoms with E-state index in [1.54, 1.807) is 6.07 Å². The van der Waals surface area contributed by atoms with Crippen molar-refractivity contribution in [2.75, 3.05) is 36.6 Å². The van der Waals surface area contributed by atoms with Gasteiger partial charge < -0.3 is 20.1 Å². The van der Waals surface area contributed by atoms with Crippen LogP contribution in [0.3, 0.4) is 0 Å². The van der Waals surface area contributed by atoms with Gasteiger partial charge in [0.25, 0.3) is 11.8 Å². The highest BCUT2D eigenvalue weighted by atomic mass is 19.3. The summed E-state index contributed by atoms with van der Waals surface area (Å²) in [7, 11) is 0. The number of amides is 1. The van der Waals surface area contributed by atoms with Crippen molar-refractivity contribution in [3.8, 4) is 11.1 Å². The van der Waals surface area contributed by atoms with E-state index in [4.69, 9.17) is 4.74 Å². The van der Waals surface area contributed by atoms with Crippen molar-refractivity contribution < 1.29 is 27.8 Å². The summed E-state index contributed by atoms with van der Waals surface area (Å²) < 4.78 is 48.4. The van der Waals surface area contributed by atoms with E-state index < -0.39 is 35.8 Å². The number of rotatable bonds is 5. The third-order valence-corrected chi connectivity index (χ3v) is 7.00. The number of carbonyl (C=O) groups excluding carboxylic acids is 1. The molecule has 2 N–H and O–H groups in total. The number of aryl methyl sites for hydroxylation is 1. The number of benzene rings is 1. The molecule has 0 aliphatic carbocycles. The van der Waals surface area contributed by atoms with Gasteiger partial charge in [0.1, 0.15) is 5.69 Å². The van der Waals surface area contributed by atoms with Crippen LogP contribution in [0, 0.1) is 6.92 Å². The molecule has 2 aromatic heterocycles. The first kappa shape index (κ1) is 25.2. The predicted molar refractivity (Wildman–Crippen MR) is 133 cm³/mol. The first-order chi connectivity index (χ1) is 17.6. The number of morpholine rings is 1. The van der Waals surface area contributed by atoms with E-state index in [1.807, 2.05) is 30.0 Å². The van der Waals surface area contributed by atoms with Crippen LogP contribution < -0.4 is 10.2 Å². The average molecular weight is 513 g/mol. The van der Waals surface area contributed by atoms with E-state index in [-0.39, 0.29) is 18.6 Å². The summed E-state index contributed by atoms with van der Waals surface area (Å²) in [5.41, 5.74) is 2.18. The number of fused-ring (bicyclic) bond motifs is 3. The zero-order chi connectivity index (χ0) is 26.4. The number of nitrogens with one attached hydrogen (secondary N) is 1. The van der Waals surface area contributed by atoms with Gasteiger partial charge in [0, 0.05) is 48.6 Å². The molecule has 2 atom stereocenters. The van der Waals surface area contributed by atoms with Crippen molar-refractivity contribution in [1.82, 2.24) is 9.97 Å². The molecule has 0 spiro atoms. The molecule has 0 unspecified atom stereocenters. The number of aromatic nitrogens is 2. The van der Waals surface area contributed by atoms with E-state index in [0.717, 1.165) is 41.1 Å². The Morgan fingerprint density at radius 1 is 1.27 bits per heavy atom. The van der Waals surface area contributed by atoms with Crippen LogP contribution in [0.5, 0.6) is 0 Å². The van der Waals surface area contributed by atoms with E-state index in [1.165, 1.54) is 18.5 Å². The SMILES string of the molecule is Cc1ncc(NC(=O)c2ccnc(C(C)(F)F)c2)cc1-c1ccc2c(c1)N1CCOC[C@H]1[C@](F)(CO)C2. The molecule has 37 heavy (non-hydrogen) atoms. The number of halogens is 3. The zero-order valence-corrected chi connectivity index (χ0v) is 20.5. The van der Waals surface area contributed by atoms with Crippen molar-refractivity contribution >= 4 is 17.3 Å². The number of hydrogen-bond donors (Lipinski definition) is 2. The second-order valence-corrected chi connectivity index (χ2v) is 9.63. The Bertz CT molecular complexity index is 1350. The molecular formula is C27H27F3N4O3. The highest BCUT2D eigenvalue weighted by molar-refractivity contribution is 6.04. The van der Waals surface area contributed by atoms with Gasteiger partial charge in [-0.15, -0.1) is 0 Å². The molecule has 1 fully saturated rings. The average Bonchev–Trinajstić information content (AvgIpc) is 2.89. The van der Waals surface area contributed by atoms with Crippen molar-refractivity contribution in [2.45, 2.75) is 37.9 Å². The van der Waals surface area contributed by atoms with Crippen LogP contribution in [0.4, 0.5) is 24.5 Å². The Kier molecular flexibility index (Phi) is 6.41. The smallest absolute Gasteiger partial charge is 0.286 e. The van der Waals surface area contributed by atoms with E-state index in [9.17, 15) is 18.7 Å². The van der Waals surface area contributed by atoms with Gasteiger partial charge in [0.15, 0.2) is 5.67 Å². The molecule has 3 aromatic rings. The van der Waals surface area contributed by atoms with Crippen LogP contribution >= 0.6 is 0 Å². The molecule has 2 aliphatic heterocycles. The van der Waals surface area contributed by atoms with Crippen LogP contribution in [0.1, 0.15) is 34.2 Å². The second kappa shape index (κ2) is 9.42. The number of carbonyl (C=O) groups is 1. The fraction of sp³-hybridized carbons (Fsp3) is 0.370. The topological polar surface area (TPSA) is 87.6 Å². The monoisotopic (exact) mass is 512 g/mol. The number of alkyl halides is 3. The van der Waals surface area contributed by atoms with Crippen LogP contribution in [0.15, 0.2) is 48.8 Å². The maximum atomic E-state index is 15.5. The lowest BCUT2D eigenvalue weighted by molar-refractivity contribution is -0.0173. The zero-order valence-electron chi connectivity index (χ0n) is 20.5.